The van der Waals surface area contributed by atoms with Crippen LogP contribution in [-0.2, 0) is 9.53 Å². The van der Waals surface area contributed by atoms with Gasteiger partial charge in [0.15, 0.2) is 11.9 Å². The molecule has 2 heterocycles. The number of amides is 1. The summed E-state index contributed by atoms with van der Waals surface area (Å²) in [7, 11) is 0. The fourth-order valence-electron chi connectivity index (χ4n) is 3.14. The van der Waals surface area contributed by atoms with Crippen molar-refractivity contribution in [2.45, 2.75) is 6.10 Å². The molecule has 28 heavy (non-hydrogen) atoms. The van der Waals surface area contributed by atoms with E-state index >= 15 is 0 Å². The highest BCUT2D eigenvalue weighted by atomic mass is 16.5. The lowest BCUT2D eigenvalue weighted by molar-refractivity contribution is -0.154. The molecule has 1 fully saturated rings. The van der Waals surface area contributed by atoms with Gasteiger partial charge in [-0.1, -0.05) is 42.5 Å². The highest BCUT2D eigenvalue weighted by Crippen LogP contribution is 2.29. The SMILES string of the molecule is O=C(O)[C@@H]1CN(C(=O)c2ccccc2-c2ncc(-c3ccccc3)o2)CCO1. The quantitative estimate of drug-likeness (QED) is 0.750. The highest BCUT2D eigenvalue weighted by Gasteiger charge is 2.30. The van der Waals surface area contributed by atoms with Crippen molar-refractivity contribution in [1.82, 2.24) is 9.88 Å². The Morgan fingerprint density at radius 1 is 1.07 bits per heavy atom. The third-order valence-corrected chi connectivity index (χ3v) is 4.58. The molecule has 4 rings (SSSR count). The third-order valence-electron chi connectivity index (χ3n) is 4.58. The van der Waals surface area contributed by atoms with Gasteiger partial charge >= 0.3 is 5.97 Å². The summed E-state index contributed by atoms with van der Waals surface area (Å²) >= 11 is 0. The maximum atomic E-state index is 13.0. The average Bonchev–Trinajstić information content (AvgIpc) is 3.24. The lowest BCUT2D eigenvalue weighted by atomic mass is 10.1. The van der Waals surface area contributed by atoms with E-state index in [0.29, 0.717) is 29.3 Å². The van der Waals surface area contributed by atoms with E-state index in [1.807, 2.05) is 30.3 Å². The molecule has 0 bridgehead atoms. The zero-order valence-electron chi connectivity index (χ0n) is 14.9. The van der Waals surface area contributed by atoms with Gasteiger partial charge in [-0.25, -0.2) is 9.78 Å². The number of ether oxygens (including phenoxy) is 1. The fraction of sp³-hybridized carbons (Fsp3) is 0.190. The zero-order valence-corrected chi connectivity index (χ0v) is 14.9. The molecule has 7 nitrogen and oxygen atoms in total. The summed E-state index contributed by atoms with van der Waals surface area (Å²) < 4.78 is 11.1. The summed E-state index contributed by atoms with van der Waals surface area (Å²) in [4.78, 5) is 30.1. The number of nitrogens with zero attached hydrogens (tertiary/aromatic N) is 2. The van der Waals surface area contributed by atoms with E-state index in [2.05, 4.69) is 4.98 Å². The molecule has 2 aromatic carbocycles. The van der Waals surface area contributed by atoms with Crippen molar-refractivity contribution >= 4 is 11.9 Å². The van der Waals surface area contributed by atoms with Crippen molar-refractivity contribution in [3.63, 3.8) is 0 Å². The molecule has 1 aliphatic rings. The number of morpholine rings is 1. The van der Waals surface area contributed by atoms with Crippen LogP contribution in [0, 0.1) is 0 Å². The van der Waals surface area contributed by atoms with E-state index < -0.39 is 12.1 Å². The summed E-state index contributed by atoms with van der Waals surface area (Å²) in [6.07, 6.45) is 0.609. The molecule has 1 atom stereocenters. The number of carbonyl (C=O) groups excluding carboxylic acids is 1. The van der Waals surface area contributed by atoms with Crippen LogP contribution in [0.2, 0.25) is 0 Å². The first kappa shape index (κ1) is 17.9. The standard InChI is InChI=1S/C21H18N2O5/c24-20(23-10-11-27-18(13-23)21(25)26)16-9-5-4-8-15(16)19-22-12-17(28-19)14-6-2-1-3-7-14/h1-9,12,18H,10-11,13H2,(H,25,26)/t18-/m0/s1. The van der Waals surface area contributed by atoms with Crippen molar-refractivity contribution in [3.05, 3.63) is 66.4 Å². The van der Waals surface area contributed by atoms with Crippen LogP contribution in [0.5, 0.6) is 0 Å². The summed E-state index contributed by atoms with van der Waals surface area (Å²) in [6.45, 7) is 0.517. The number of hydrogen-bond donors (Lipinski definition) is 1. The van der Waals surface area contributed by atoms with Gasteiger partial charge in [-0.2, -0.15) is 0 Å². The topological polar surface area (TPSA) is 92.9 Å². The number of aliphatic carboxylic acids is 1. The Morgan fingerprint density at radius 2 is 1.82 bits per heavy atom. The molecule has 0 unspecified atom stereocenters. The van der Waals surface area contributed by atoms with E-state index in [-0.39, 0.29) is 19.1 Å². The van der Waals surface area contributed by atoms with Gasteiger partial charge in [0.2, 0.25) is 5.89 Å². The molecule has 1 aromatic heterocycles. The van der Waals surface area contributed by atoms with Crippen LogP contribution in [0.1, 0.15) is 10.4 Å². The largest absolute Gasteiger partial charge is 0.479 e. The first-order chi connectivity index (χ1) is 13.6. The maximum Gasteiger partial charge on any atom is 0.334 e. The van der Waals surface area contributed by atoms with Crippen LogP contribution < -0.4 is 0 Å². The molecule has 142 valence electrons. The summed E-state index contributed by atoms with van der Waals surface area (Å²) in [6, 6.07) is 16.6. The van der Waals surface area contributed by atoms with Gasteiger partial charge in [0.1, 0.15) is 0 Å². The predicted octanol–water partition coefficient (Wildman–Crippen LogP) is 2.93. The molecular weight excluding hydrogens is 360 g/mol. The van der Waals surface area contributed by atoms with Gasteiger partial charge in [-0.05, 0) is 12.1 Å². The smallest absolute Gasteiger partial charge is 0.334 e. The Kier molecular flexibility index (Phi) is 4.90. The normalized spacial score (nSPS) is 16.7. The first-order valence-corrected chi connectivity index (χ1v) is 8.88. The van der Waals surface area contributed by atoms with Crippen LogP contribution >= 0.6 is 0 Å². The van der Waals surface area contributed by atoms with Gasteiger partial charge < -0.3 is 19.2 Å². The number of benzene rings is 2. The van der Waals surface area contributed by atoms with E-state index in [9.17, 15) is 9.59 Å². The van der Waals surface area contributed by atoms with Gasteiger partial charge in [-0.15, -0.1) is 0 Å². The van der Waals surface area contributed by atoms with E-state index in [0.717, 1.165) is 5.56 Å². The fourth-order valence-corrected chi connectivity index (χ4v) is 3.14. The Morgan fingerprint density at radius 3 is 2.61 bits per heavy atom. The molecule has 1 aliphatic heterocycles. The van der Waals surface area contributed by atoms with Crippen molar-refractivity contribution in [2.24, 2.45) is 0 Å². The second-order valence-electron chi connectivity index (χ2n) is 6.39. The summed E-state index contributed by atoms with van der Waals surface area (Å²) in [5.41, 5.74) is 1.87. The summed E-state index contributed by atoms with van der Waals surface area (Å²) in [5.74, 6) is -0.406. The number of carboxylic acids is 1. The molecule has 0 saturated carbocycles. The second kappa shape index (κ2) is 7.66. The second-order valence-corrected chi connectivity index (χ2v) is 6.39. The maximum absolute atomic E-state index is 13.0. The number of rotatable bonds is 4. The van der Waals surface area contributed by atoms with Gasteiger partial charge in [0.05, 0.1) is 24.9 Å². The van der Waals surface area contributed by atoms with Gasteiger partial charge in [-0.3, -0.25) is 4.79 Å². The van der Waals surface area contributed by atoms with E-state index in [1.165, 1.54) is 4.90 Å². The molecule has 1 saturated heterocycles. The monoisotopic (exact) mass is 378 g/mol. The zero-order chi connectivity index (χ0) is 19.5. The number of hydrogen-bond acceptors (Lipinski definition) is 5. The van der Waals surface area contributed by atoms with Crippen LogP contribution in [0.3, 0.4) is 0 Å². The molecule has 0 aliphatic carbocycles. The van der Waals surface area contributed by atoms with Gasteiger partial charge in [0, 0.05) is 17.7 Å². The van der Waals surface area contributed by atoms with Crippen molar-refractivity contribution in [3.8, 4) is 22.8 Å². The number of aromatic nitrogens is 1. The third kappa shape index (κ3) is 3.52. The Balaban J connectivity index is 1.63. The van der Waals surface area contributed by atoms with Crippen LogP contribution in [0.25, 0.3) is 22.8 Å². The molecule has 0 spiro atoms. The number of oxazole rings is 1. The Labute approximate surface area is 161 Å². The summed E-state index contributed by atoms with van der Waals surface area (Å²) in [5, 5.41) is 9.16. The Hall–Kier alpha value is -3.45. The average molecular weight is 378 g/mol. The van der Waals surface area contributed by atoms with Crippen LogP contribution in [0.15, 0.2) is 65.2 Å². The minimum Gasteiger partial charge on any atom is -0.479 e. The molecule has 3 aromatic rings. The minimum absolute atomic E-state index is 0.00332. The molecule has 1 N–H and O–H groups in total. The molecule has 0 radical (unpaired) electrons. The van der Waals surface area contributed by atoms with Gasteiger partial charge in [0.25, 0.3) is 5.91 Å². The molecule has 7 heteroatoms. The number of carboxylic acid groups (broad SMARTS) is 1. The first-order valence-electron chi connectivity index (χ1n) is 8.88. The van der Waals surface area contributed by atoms with E-state index in [1.54, 1.807) is 30.5 Å². The lowest BCUT2D eigenvalue weighted by Gasteiger charge is -2.31. The minimum atomic E-state index is -1.08. The predicted molar refractivity (Wildman–Crippen MR) is 101 cm³/mol. The molecule has 1 amide bonds. The lowest BCUT2D eigenvalue weighted by Crippen LogP contribution is -2.48. The van der Waals surface area contributed by atoms with E-state index in [4.69, 9.17) is 14.3 Å². The molecular formula is C21H18N2O5. The number of carbonyl (C=O) groups is 2. The highest BCUT2D eigenvalue weighted by molar-refractivity contribution is 6.00. The van der Waals surface area contributed by atoms with Crippen molar-refractivity contribution < 1.29 is 23.8 Å². The van der Waals surface area contributed by atoms with Crippen LogP contribution in [-0.4, -0.2) is 52.7 Å². The Bertz CT molecular complexity index is 999. The van der Waals surface area contributed by atoms with Crippen molar-refractivity contribution in [2.75, 3.05) is 19.7 Å². The van der Waals surface area contributed by atoms with Crippen LogP contribution in [0.4, 0.5) is 0 Å². The van der Waals surface area contributed by atoms with Crippen molar-refractivity contribution in [1.29, 1.82) is 0 Å².